The second-order valence-electron chi connectivity index (χ2n) is 7.74. The number of carbonyl (C=O) groups is 1. The molecule has 4 aromatic rings. The largest absolute Gasteiger partial charge is 0.399 e. The summed E-state index contributed by atoms with van der Waals surface area (Å²) in [7, 11) is 1.50. The fourth-order valence-corrected chi connectivity index (χ4v) is 4.68. The van der Waals surface area contributed by atoms with Crippen molar-refractivity contribution in [3.63, 3.8) is 0 Å². The van der Waals surface area contributed by atoms with Gasteiger partial charge in [-0.05, 0) is 34.7 Å². The number of thiophene rings is 1. The number of nitrogens with zero attached hydrogens (tertiary/aromatic N) is 4. The first-order chi connectivity index (χ1) is 16.2. The molecule has 0 aliphatic carbocycles. The van der Waals surface area contributed by atoms with Crippen LogP contribution in [-0.4, -0.2) is 40.3 Å². The lowest BCUT2D eigenvalue weighted by molar-refractivity contribution is 0.0713. The van der Waals surface area contributed by atoms with E-state index in [1.807, 2.05) is 72.1 Å². The molecule has 2 aromatic carbocycles. The minimum absolute atomic E-state index is 0.112. The topological polar surface area (TPSA) is 80.8 Å². The van der Waals surface area contributed by atoms with Gasteiger partial charge in [0.05, 0.1) is 12.3 Å². The van der Waals surface area contributed by atoms with E-state index in [0.717, 1.165) is 21.7 Å². The van der Waals surface area contributed by atoms with Gasteiger partial charge in [-0.25, -0.2) is 0 Å². The Labute approximate surface area is 195 Å². The molecule has 0 saturated carbocycles. The van der Waals surface area contributed by atoms with Crippen LogP contribution in [0.3, 0.4) is 0 Å². The lowest BCUT2D eigenvalue weighted by Gasteiger charge is -2.21. The first kappa shape index (κ1) is 21.1. The van der Waals surface area contributed by atoms with Crippen molar-refractivity contribution < 1.29 is 14.2 Å². The van der Waals surface area contributed by atoms with E-state index in [0.29, 0.717) is 36.7 Å². The van der Waals surface area contributed by atoms with E-state index >= 15 is 0 Å². The lowest BCUT2D eigenvalue weighted by atomic mass is 10.0. The SMILES string of the molecule is CON=C1C[C@@H](c2nc(Cc3cccs3)no2)N(C(=O)c2ccc(-c3ccccc3)cc2)C1. The van der Waals surface area contributed by atoms with Gasteiger partial charge in [-0.1, -0.05) is 58.8 Å². The molecule has 1 aliphatic rings. The molecule has 1 atom stereocenters. The van der Waals surface area contributed by atoms with Crippen molar-refractivity contribution in [3.05, 3.63) is 94.3 Å². The third kappa shape index (κ3) is 4.56. The van der Waals surface area contributed by atoms with Crippen molar-refractivity contribution in [3.8, 4) is 11.1 Å². The molecule has 1 amide bonds. The predicted molar refractivity (Wildman–Crippen MR) is 126 cm³/mol. The Bertz CT molecular complexity index is 1250. The molecule has 33 heavy (non-hydrogen) atoms. The highest BCUT2D eigenvalue weighted by atomic mass is 32.1. The zero-order chi connectivity index (χ0) is 22.6. The van der Waals surface area contributed by atoms with E-state index in [-0.39, 0.29) is 11.9 Å². The molecule has 1 fully saturated rings. The zero-order valence-electron chi connectivity index (χ0n) is 18.0. The van der Waals surface area contributed by atoms with Gasteiger partial charge in [-0.2, -0.15) is 4.98 Å². The molecule has 0 spiro atoms. The Morgan fingerprint density at radius 2 is 1.91 bits per heavy atom. The first-order valence-electron chi connectivity index (χ1n) is 10.6. The van der Waals surface area contributed by atoms with Crippen molar-refractivity contribution in [2.45, 2.75) is 18.9 Å². The first-order valence-corrected chi connectivity index (χ1v) is 11.5. The Morgan fingerprint density at radius 1 is 1.12 bits per heavy atom. The van der Waals surface area contributed by atoms with Crippen LogP contribution in [0.1, 0.15) is 39.4 Å². The summed E-state index contributed by atoms with van der Waals surface area (Å²) in [6, 6.07) is 21.3. The molecule has 7 nitrogen and oxygen atoms in total. The zero-order valence-corrected chi connectivity index (χ0v) is 18.9. The summed E-state index contributed by atoms with van der Waals surface area (Å²) in [5.74, 6) is 0.903. The Balaban J connectivity index is 1.38. The molecule has 166 valence electrons. The number of aromatic nitrogens is 2. The molecule has 0 N–H and O–H groups in total. The van der Waals surface area contributed by atoms with Crippen molar-refractivity contribution in [1.29, 1.82) is 0 Å². The van der Waals surface area contributed by atoms with Crippen LogP contribution in [0.25, 0.3) is 11.1 Å². The van der Waals surface area contributed by atoms with Gasteiger partial charge in [0.1, 0.15) is 13.2 Å². The van der Waals surface area contributed by atoms with Gasteiger partial charge in [0.25, 0.3) is 5.91 Å². The summed E-state index contributed by atoms with van der Waals surface area (Å²) in [6.45, 7) is 0.348. The van der Waals surface area contributed by atoms with E-state index in [1.54, 1.807) is 16.2 Å². The van der Waals surface area contributed by atoms with Crippen LogP contribution in [0.4, 0.5) is 0 Å². The van der Waals surface area contributed by atoms with E-state index in [1.165, 1.54) is 7.11 Å². The van der Waals surface area contributed by atoms with Crippen LogP contribution in [0, 0.1) is 0 Å². The average molecular weight is 459 g/mol. The van der Waals surface area contributed by atoms with E-state index in [9.17, 15) is 4.79 Å². The monoisotopic (exact) mass is 458 g/mol. The van der Waals surface area contributed by atoms with Crippen LogP contribution >= 0.6 is 11.3 Å². The molecule has 1 saturated heterocycles. The van der Waals surface area contributed by atoms with Gasteiger partial charge < -0.3 is 14.3 Å². The summed E-state index contributed by atoms with van der Waals surface area (Å²) in [4.78, 5) is 25.9. The smallest absolute Gasteiger partial charge is 0.254 e. The van der Waals surface area contributed by atoms with Crippen LogP contribution in [0.15, 0.2) is 81.8 Å². The van der Waals surface area contributed by atoms with Crippen LogP contribution in [-0.2, 0) is 11.3 Å². The molecule has 3 heterocycles. The summed E-state index contributed by atoms with van der Waals surface area (Å²) < 4.78 is 5.57. The van der Waals surface area contributed by atoms with Crippen LogP contribution in [0.2, 0.25) is 0 Å². The number of oxime groups is 1. The van der Waals surface area contributed by atoms with Crippen LogP contribution < -0.4 is 0 Å². The second kappa shape index (κ2) is 9.38. The lowest BCUT2D eigenvalue weighted by Crippen LogP contribution is -2.31. The van der Waals surface area contributed by atoms with Gasteiger partial charge in [-0.3, -0.25) is 4.79 Å². The molecule has 8 heteroatoms. The number of benzene rings is 2. The third-order valence-electron chi connectivity index (χ3n) is 5.56. The van der Waals surface area contributed by atoms with Gasteiger partial charge in [-0.15, -0.1) is 11.3 Å². The van der Waals surface area contributed by atoms with Crippen molar-refractivity contribution >= 4 is 23.0 Å². The van der Waals surface area contributed by atoms with Gasteiger partial charge in [0, 0.05) is 23.3 Å². The number of hydrogen-bond acceptors (Lipinski definition) is 7. The standard InChI is InChI=1S/C25H22N4O3S/c1-31-27-20-14-22(24-26-23(28-32-24)15-21-8-5-13-33-21)29(16-20)25(30)19-11-9-18(10-12-19)17-6-3-2-4-7-17/h2-13,22H,14-16H2,1H3/t22-/m0/s1. The van der Waals surface area contributed by atoms with E-state index < -0.39 is 0 Å². The molecular formula is C25H22N4O3S. The summed E-state index contributed by atoms with van der Waals surface area (Å²) in [6.07, 6.45) is 1.09. The molecule has 0 bridgehead atoms. The number of carbonyl (C=O) groups excluding carboxylic acids is 1. The quantitative estimate of drug-likeness (QED) is 0.381. The average Bonchev–Trinajstić information content (AvgIpc) is 3.61. The maximum absolute atomic E-state index is 13.4. The molecule has 0 unspecified atom stereocenters. The summed E-state index contributed by atoms with van der Waals surface area (Å²) >= 11 is 1.65. The number of hydrogen-bond donors (Lipinski definition) is 0. The Morgan fingerprint density at radius 3 is 2.64 bits per heavy atom. The molecule has 5 rings (SSSR count). The highest BCUT2D eigenvalue weighted by Crippen LogP contribution is 2.32. The molecule has 2 aromatic heterocycles. The predicted octanol–water partition coefficient (Wildman–Crippen LogP) is 4.98. The Hall–Kier alpha value is -3.78. The number of rotatable bonds is 6. The van der Waals surface area contributed by atoms with Crippen molar-refractivity contribution in [2.75, 3.05) is 13.7 Å². The number of likely N-dealkylation sites (tertiary alicyclic amines) is 1. The van der Waals surface area contributed by atoms with E-state index in [4.69, 9.17) is 9.36 Å². The fourth-order valence-electron chi connectivity index (χ4n) is 3.98. The third-order valence-corrected chi connectivity index (χ3v) is 6.44. The molecule has 0 radical (unpaired) electrons. The fraction of sp³-hybridized carbons (Fsp3) is 0.200. The summed E-state index contributed by atoms with van der Waals surface area (Å²) in [5, 5.41) is 10.2. The number of amides is 1. The summed E-state index contributed by atoms with van der Waals surface area (Å²) in [5.41, 5.74) is 3.52. The molecular weight excluding hydrogens is 436 g/mol. The van der Waals surface area contributed by atoms with Gasteiger partial charge >= 0.3 is 0 Å². The highest BCUT2D eigenvalue weighted by Gasteiger charge is 2.38. The highest BCUT2D eigenvalue weighted by molar-refractivity contribution is 7.09. The van der Waals surface area contributed by atoms with Crippen molar-refractivity contribution in [1.82, 2.24) is 15.0 Å². The van der Waals surface area contributed by atoms with E-state index in [2.05, 4.69) is 15.3 Å². The molecule has 1 aliphatic heterocycles. The van der Waals surface area contributed by atoms with Crippen molar-refractivity contribution in [2.24, 2.45) is 5.16 Å². The second-order valence-corrected chi connectivity index (χ2v) is 8.77. The normalized spacial score (nSPS) is 16.9. The maximum atomic E-state index is 13.4. The minimum atomic E-state index is -0.384. The van der Waals surface area contributed by atoms with Gasteiger partial charge in [0.2, 0.25) is 5.89 Å². The minimum Gasteiger partial charge on any atom is -0.399 e. The van der Waals surface area contributed by atoms with Gasteiger partial charge in [0.15, 0.2) is 5.82 Å². The van der Waals surface area contributed by atoms with Crippen LogP contribution in [0.5, 0.6) is 0 Å². The Kier molecular flexibility index (Phi) is 5.99. The maximum Gasteiger partial charge on any atom is 0.254 e.